The average molecular weight is 573 g/mol. The van der Waals surface area contributed by atoms with Gasteiger partial charge < -0.3 is 25.4 Å². The number of likely N-dealkylation sites (N-methyl/N-ethyl adjacent to an activating group) is 1. The Morgan fingerprint density at radius 2 is 1.90 bits per heavy atom. The number of fused-ring (bicyclic) bond motifs is 1. The zero-order valence-corrected chi connectivity index (χ0v) is 23.5. The number of aliphatic hydroxyl groups is 1. The van der Waals surface area contributed by atoms with Gasteiger partial charge in [0, 0.05) is 25.2 Å². The molecule has 0 spiro atoms. The van der Waals surface area contributed by atoms with E-state index in [9.17, 15) is 23.1 Å². The van der Waals surface area contributed by atoms with E-state index in [0.717, 1.165) is 11.3 Å². The third kappa shape index (κ3) is 6.41. The third-order valence-corrected chi connectivity index (χ3v) is 9.76. The zero-order valence-electron chi connectivity index (χ0n) is 21.9. The number of urea groups is 1. The first-order valence-corrected chi connectivity index (χ1v) is 14.8. The summed E-state index contributed by atoms with van der Waals surface area (Å²) in [6, 6.07) is 15.9. The van der Waals surface area contributed by atoms with Crippen LogP contribution >= 0.6 is 11.3 Å². The summed E-state index contributed by atoms with van der Waals surface area (Å²) < 4.78 is 34.1. The van der Waals surface area contributed by atoms with Gasteiger partial charge in [-0.15, -0.1) is 11.3 Å². The molecule has 2 aromatic carbocycles. The van der Waals surface area contributed by atoms with Gasteiger partial charge in [-0.3, -0.25) is 4.79 Å². The summed E-state index contributed by atoms with van der Waals surface area (Å²) in [6.45, 7) is 3.60. The van der Waals surface area contributed by atoms with E-state index in [1.54, 1.807) is 71.8 Å². The SMILES string of the molecule is C[C@@H]1CN([C@@H](C)CO)C(=O)c2cccc(NC(=O)Nc3ccccc3)c2O[C@@H]1CN(C)S(=O)(=O)c1cccs1. The summed E-state index contributed by atoms with van der Waals surface area (Å²) >= 11 is 1.13. The Labute approximate surface area is 232 Å². The molecule has 1 aliphatic heterocycles. The number of aliphatic hydroxyl groups excluding tert-OH is 1. The number of rotatable bonds is 8. The van der Waals surface area contributed by atoms with Gasteiger partial charge in [0.05, 0.1) is 30.4 Å². The minimum atomic E-state index is -3.75. The zero-order chi connectivity index (χ0) is 28.2. The number of amides is 3. The van der Waals surface area contributed by atoms with Gasteiger partial charge in [0.15, 0.2) is 5.75 Å². The number of carbonyl (C=O) groups is 2. The molecule has 1 aliphatic rings. The normalized spacial score (nSPS) is 18.5. The molecule has 0 radical (unpaired) electrons. The number of thiophene rings is 1. The number of para-hydroxylation sites is 2. The Morgan fingerprint density at radius 3 is 2.56 bits per heavy atom. The first kappa shape index (κ1) is 28.6. The molecular weight excluding hydrogens is 540 g/mol. The molecule has 12 heteroatoms. The van der Waals surface area contributed by atoms with Gasteiger partial charge in [0.25, 0.3) is 15.9 Å². The number of carbonyl (C=O) groups excluding carboxylic acids is 2. The fourth-order valence-electron chi connectivity index (χ4n) is 4.28. The van der Waals surface area contributed by atoms with Gasteiger partial charge in [-0.05, 0) is 42.6 Å². The van der Waals surface area contributed by atoms with Crippen molar-refractivity contribution in [3.63, 3.8) is 0 Å². The maximum absolute atomic E-state index is 13.6. The van der Waals surface area contributed by atoms with Crippen LogP contribution in [-0.2, 0) is 10.0 Å². The van der Waals surface area contributed by atoms with Crippen LogP contribution in [0.5, 0.6) is 5.75 Å². The summed E-state index contributed by atoms with van der Waals surface area (Å²) in [5, 5.41) is 17.1. The largest absolute Gasteiger partial charge is 0.486 e. The number of hydrogen-bond donors (Lipinski definition) is 3. The predicted molar refractivity (Wildman–Crippen MR) is 151 cm³/mol. The topological polar surface area (TPSA) is 128 Å². The molecule has 2 heterocycles. The van der Waals surface area contributed by atoms with Crippen molar-refractivity contribution in [3.8, 4) is 5.75 Å². The lowest BCUT2D eigenvalue weighted by Crippen LogP contribution is -2.50. The van der Waals surface area contributed by atoms with Crippen LogP contribution in [0.25, 0.3) is 0 Å². The molecule has 208 valence electrons. The molecule has 3 N–H and O–H groups in total. The molecule has 3 aromatic rings. The minimum absolute atomic E-state index is 0.000915. The quantitative estimate of drug-likeness (QED) is 0.375. The molecule has 0 aliphatic carbocycles. The highest BCUT2D eigenvalue weighted by atomic mass is 32.2. The Bertz CT molecular complexity index is 1400. The molecule has 4 rings (SSSR count). The number of sulfonamides is 1. The van der Waals surface area contributed by atoms with Gasteiger partial charge in [-0.25, -0.2) is 13.2 Å². The second-order valence-corrected chi connectivity index (χ2v) is 12.7. The number of ether oxygens (including phenoxy) is 1. The lowest BCUT2D eigenvalue weighted by molar-refractivity contribution is 0.0389. The number of nitrogens with one attached hydrogen (secondary N) is 2. The standard InChI is InChI=1S/C27H32N4O6S2/c1-18-15-31(19(2)17-32)26(33)21-11-7-12-22(29-27(34)28-20-9-5-4-6-10-20)25(21)37-23(18)16-30(3)39(35,36)24-13-8-14-38-24/h4-14,18-19,23,32H,15-17H2,1-3H3,(H2,28,29,34)/t18-,19+,23-/m1/s1. The maximum atomic E-state index is 13.6. The van der Waals surface area contributed by atoms with Crippen LogP contribution in [0.15, 0.2) is 70.3 Å². The van der Waals surface area contributed by atoms with E-state index in [-0.39, 0.29) is 52.7 Å². The Kier molecular flexibility index (Phi) is 8.90. The molecule has 3 amide bonds. The lowest BCUT2D eigenvalue weighted by atomic mass is 9.99. The number of anilines is 2. The molecule has 3 atom stereocenters. The summed E-state index contributed by atoms with van der Waals surface area (Å²) in [4.78, 5) is 28.0. The Hall–Kier alpha value is -3.45. The van der Waals surface area contributed by atoms with Crippen molar-refractivity contribution in [3.05, 3.63) is 71.6 Å². The van der Waals surface area contributed by atoms with Gasteiger partial charge >= 0.3 is 6.03 Å². The number of benzene rings is 2. The monoisotopic (exact) mass is 572 g/mol. The summed E-state index contributed by atoms with van der Waals surface area (Å²) in [6.07, 6.45) is -0.676. The summed E-state index contributed by atoms with van der Waals surface area (Å²) in [5.41, 5.74) is 1.04. The van der Waals surface area contributed by atoms with Gasteiger partial charge in [-0.2, -0.15) is 4.31 Å². The fraction of sp³-hybridized carbons (Fsp3) is 0.333. The molecule has 0 fully saturated rings. The molecule has 10 nitrogen and oxygen atoms in total. The van der Waals surface area contributed by atoms with E-state index >= 15 is 0 Å². The Balaban J connectivity index is 1.69. The van der Waals surface area contributed by atoms with E-state index in [1.165, 1.54) is 11.4 Å². The van der Waals surface area contributed by atoms with Crippen molar-refractivity contribution < 1.29 is 27.9 Å². The van der Waals surface area contributed by atoms with Crippen LogP contribution in [0.4, 0.5) is 16.2 Å². The van der Waals surface area contributed by atoms with E-state index in [4.69, 9.17) is 4.74 Å². The first-order chi connectivity index (χ1) is 18.6. The molecular formula is C27H32N4O6S2. The van der Waals surface area contributed by atoms with Crippen LogP contribution in [0.2, 0.25) is 0 Å². The molecule has 0 saturated carbocycles. The van der Waals surface area contributed by atoms with Crippen molar-refractivity contribution in [2.24, 2.45) is 5.92 Å². The van der Waals surface area contributed by atoms with Crippen molar-refractivity contribution in [1.82, 2.24) is 9.21 Å². The number of nitrogens with zero attached hydrogens (tertiary/aromatic N) is 2. The maximum Gasteiger partial charge on any atom is 0.323 e. The van der Waals surface area contributed by atoms with Crippen LogP contribution in [-0.4, -0.2) is 73.6 Å². The minimum Gasteiger partial charge on any atom is -0.486 e. The molecule has 1 aromatic heterocycles. The second-order valence-electron chi connectivity index (χ2n) is 9.47. The van der Waals surface area contributed by atoms with Crippen molar-refractivity contribution >= 4 is 44.7 Å². The highest BCUT2D eigenvalue weighted by Gasteiger charge is 2.36. The second kappa shape index (κ2) is 12.2. The van der Waals surface area contributed by atoms with E-state index < -0.39 is 28.2 Å². The van der Waals surface area contributed by atoms with Crippen LogP contribution in [0, 0.1) is 5.92 Å². The smallest absolute Gasteiger partial charge is 0.323 e. The average Bonchev–Trinajstić information content (AvgIpc) is 3.47. The van der Waals surface area contributed by atoms with Crippen molar-refractivity contribution in [2.75, 3.05) is 37.4 Å². The Morgan fingerprint density at radius 1 is 1.15 bits per heavy atom. The van der Waals surface area contributed by atoms with Crippen molar-refractivity contribution in [1.29, 1.82) is 0 Å². The molecule has 0 bridgehead atoms. The van der Waals surface area contributed by atoms with Crippen LogP contribution < -0.4 is 15.4 Å². The summed E-state index contributed by atoms with van der Waals surface area (Å²) in [7, 11) is -2.27. The van der Waals surface area contributed by atoms with Crippen LogP contribution in [0.1, 0.15) is 24.2 Å². The summed E-state index contributed by atoms with van der Waals surface area (Å²) in [5.74, 6) is -0.536. The molecule has 0 saturated heterocycles. The third-order valence-electron chi connectivity index (χ3n) is 6.57. The lowest BCUT2D eigenvalue weighted by Gasteiger charge is -2.38. The highest BCUT2D eigenvalue weighted by molar-refractivity contribution is 7.91. The van der Waals surface area contributed by atoms with Gasteiger partial charge in [0.2, 0.25) is 0 Å². The van der Waals surface area contributed by atoms with Crippen molar-refractivity contribution in [2.45, 2.75) is 30.2 Å². The van der Waals surface area contributed by atoms with E-state index in [0.29, 0.717) is 5.69 Å². The molecule has 39 heavy (non-hydrogen) atoms. The first-order valence-electron chi connectivity index (χ1n) is 12.5. The van der Waals surface area contributed by atoms with Crippen LogP contribution in [0.3, 0.4) is 0 Å². The molecule has 0 unspecified atom stereocenters. The highest BCUT2D eigenvalue weighted by Crippen LogP contribution is 2.35. The fourth-order valence-corrected chi connectivity index (χ4v) is 6.67. The van der Waals surface area contributed by atoms with Gasteiger partial charge in [-0.1, -0.05) is 37.3 Å². The predicted octanol–water partition coefficient (Wildman–Crippen LogP) is 3.93. The van der Waals surface area contributed by atoms with Gasteiger partial charge in [0.1, 0.15) is 10.3 Å². The number of hydrogen-bond acceptors (Lipinski definition) is 7. The van der Waals surface area contributed by atoms with E-state index in [1.807, 2.05) is 13.0 Å². The van der Waals surface area contributed by atoms with E-state index in [2.05, 4.69) is 10.6 Å².